The molecule has 1 N–H and O–H groups in total. The second-order valence-corrected chi connectivity index (χ2v) is 6.43. The fourth-order valence-electron chi connectivity index (χ4n) is 2.86. The SMILES string of the molecule is CCN(Cc1ccccc1)c1cnc(C(=O)NCc2cccc(C)c2)cn1. The monoisotopic (exact) mass is 360 g/mol. The number of hydrogen-bond donors (Lipinski definition) is 1. The van der Waals surface area contributed by atoms with E-state index in [-0.39, 0.29) is 5.91 Å². The molecule has 0 atom stereocenters. The molecule has 1 heterocycles. The van der Waals surface area contributed by atoms with Gasteiger partial charge in [0.2, 0.25) is 0 Å². The zero-order chi connectivity index (χ0) is 19.1. The quantitative estimate of drug-likeness (QED) is 0.697. The number of carbonyl (C=O) groups is 1. The summed E-state index contributed by atoms with van der Waals surface area (Å²) >= 11 is 0. The number of nitrogens with one attached hydrogen (secondary N) is 1. The predicted octanol–water partition coefficient (Wildman–Crippen LogP) is 3.74. The first-order chi connectivity index (χ1) is 13.2. The van der Waals surface area contributed by atoms with Crippen molar-refractivity contribution in [3.05, 3.63) is 89.4 Å². The summed E-state index contributed by atoms with van der Waals surface area (Å²) in [5, 5.41) is 2.89. The Hall–Kier alpha value is -3.21. The van der Waals surface area contributed by atoms with Gasteiger partial charge in [0.15, 0.2) is 0 Å². The Bertz CT molecular complexity index is 878. The van der Waals surface area contributed by atoms with Crippen LogP contribution in [0.4, 0.5) is 5.82 Å². The van der Waals surface area contributed by atoms with Crippen LogP contribution in [-0.4, -0.2) is 22.4 Å². The van der Waals surface area contributed by atoms with Crippen LogP contribution >= 0.6 is 0 Å². The van der Waals surface area contributed by atoms with Crippen molar-refractivity contribution >= 4 is 11.7 Å². The van der Waals surface area contributed by atoms with Gasteiger partial charge in [-0.25, -0.2) is 9.97 Å². The van der Waals surface area contributed by atoms with Crippen molar-refractivity contribution in [2.45, 2.75) is 26.9 Å². The van der Waals surface area contributed by atoms with Gasteiger partial charge in [-0.1, -0.05) is 60.2 Å². The first-order valence-electron chi connectivity index (χ1n) is 9.10. The lowest BCUT2D eigenvalue weighted by atomic mass is 10.1. The average molecular weight is 360 g/mol. The van der Waals surface area contributed by atoms with Crippen LogP contribution in [0.25, 0.3) is 0 Å². The molecule has 138 valence electrons. The van der Waals surface area contributed by atoms with E-state index in [1.165, 1.54) is 17.3 Å². The van der Waals surface area contributed by atoms with Gasteiger partial charge in [-0.15, -0.1) is 0 Å². The zero-order valence-corrected chi connectivity index (χ0v) is 15.7. The number of benzene rings is 2. The van der Waals surface area contributed by atoms with E-state index in [2.05, 4.69) is 45.3 Å². The summed E-state index contributed by atoms with van der Waals surface area (Å²) in [6, 6.07) is 18.3. The summed E-state index contributed by atoms with van der Waals surface area (Å²) in [4.78, 5) is 23.2. The summed E-state index contributed by atoms with van der Waals surface area (Å²) in [6.07, 6.45) is 3.20. The largest absolute Gasteiger partial charge is 0.351 e. The molecule has 0 aliphatic heterocycles. The lowest BCUT2D eigenvalue weighted by molar-refractivity contribution is 0.0945. The summed E-state index contributed by atoms with van der Waals surface area (Å²) in [7, 11) is 0. The Balaban J connectivity index is 1.62. The van der Waals surface area contributed by atoms with Gasteiger partial charge in [-0.05, 0) is 25.0 Å². The number of carbonyl (C=O) groups excluding carboxylic acids is 1. The molecule has 0 saturated carbocycles. The lowest BCUT2D eigenvalue weighted by Gasteiger charge is -2.21. The highest BCUT2D eigenvalue weighted by Crippen LogP contribution is 2.13. The van der Waals surface area contributed by atoms with E-state index >= 15 is 0 Å². The first-order valence-corrected chi connectivity index (χ1v) is 9.10. The molecule has 0 unspecified atom stereocenters. The van der Waals surface area contributed by atoms with E-state index in [9.17, 15) is 4.79 Å². The van der Waals surface area contributed by atoms with E-state index in [0.29, 0.717) is 12.2 Å². The summed E-state index contributed by atoms with van der Waals surface area (Å²) in [5.41, 5.74) is 3.76. The Morgan fingerprint density at radius 1 is 1.00 bits per heavy atom. The molecule has 1 aromatic heterocycles. The second kappa shape index (κ2) is 8.94. The highest BCUT2D eigenvalue weighted by Gasteiger charge is 2.11. The molecule has 5 nitrogen and oxygen atoms in total. The fraction of sp³-hybridized carbons (Fsp3) is 0.227. The highest BCUT2D eigenvalue weighted by molar-refractivity contribution is 5.91. The smallest absolute Gasteiger partial charge is 0.271 e. The number of rotatable bonds is 7. The van der Waals surface area contributed by atoms with Crippen LogP contribution in [0.15, 0.2) is 67.0 Å². The topological polar surface area (TPSA) is 58.1 Å². The molecule has 0 aliphatic rings. The summed E-state index contributed by atoms with van der Waals surface area (Å²) < 4.78 is 0. The van der Waals surface area contributed by atoms with Crippen LogP contribution in [-0.2, 0) is 13.1 Å². The minimum Gasteiger partial charge on any atom is -0.351 e. The molecule has 3 aromatic rings. The van der Waals surface area contributed by atoms with E-state index in [4.69, 9.17) is 0 Å². The normalized spacial score (nSPS) is 10.4. The molecule has 0 fully saturated rings. The third-order valence-corrected chi connectivity index (χ3v) is 4.33. The predicted molar refractivity (Wildman–Crippen MR) is 108 cm³/mol. The van der Waals surface area contributed by atoms with Crippen molar-refractivity contribution in [1.29, 1.82) is 0 Å². The van der Waals surface area contributed by atoms with Crippen LogP contribution in [0.1, 0.15) is 34.1 Å². The average Bonchev–Trinajstić information content (AvgIpc) is 2.71. The zero-order valence-electron chi connectivity index (χ0n) is 15.7. The lowest BCUT2D eigenvalue weighted by Crippen LogP contribution is -2.26. The maximum absolute atomic E-state index is 12.3. The molecule has 0 spiro atoms. The highest BCUT2D eigenvalue weighted by atomic mass is 16.1. The van der Waals surface area contributed by atoms with Gasteiger partial charge >= 0.3 is 0 Å². The molecule has 2 aromatic carbocycles. The van der Waals surface area contributed by atoms with Crippen molar-refractivity contribution in [2.24, 2.45) is 0 Å². The number of nitrogens with zero attached hydrogens (tertiary/aromatic N) is 3. The van der Waals surface area contributed by atoms with E-state index in [0.717, 1.165) is 24.5 Å². The number of aryl methyl sites for hydroxylation is 1. The van der Waals surface area contributed by atoms with Crippen molar-refractivity contribution in [2.75, 3.05) is 11.4 Å². The first kappa shape index (κ1) is 18.6. The third kappa shape index (κ3) is 5.14. The molecule has 27 heavy (non-hydrogen) atoms. The number of aromatic nitrogens is 2. The minimum absolute atomic E-state index is 0.221. The van der Waals surface area contributed by atoms with Gasteiger partial charge in [0.1, 0.15) is 11.5 Å². The second-order valence-electron chi connectivity index (χ2n) is 6.43. The molecule has 1 amide bonds. The molecule has 5 heteroatoms. The molecular weight excluding hydrogens is 336 g/mol. The Morgan fingerprint density at radius 2 is 1.78 bits per heavy atom. The Kier molecular flexibility index (Phi) is 6.15. The Labute approximate surface area is 160 Å². The third-order valence-electron chi connectivity index (χ3n) is 4.33. The van der Waals surface area contributed by atoms with Gasteiger partial charge in [-0.3, -0.25) is 4.79 Å². The molecule has 0 saturated heterocycles. The van der Waals surface area contributed by atoms with Crippen LogP contribution in [0.2, 0.25) is 0 Å². The van der Waals surface area contributed by atoms with Gasteiger partial charge < -0.3 is 10.2 Å². The van der Waals surface area contributed by atoms with Crippen molar-refractivity contribution in [3.8, 4) is 0 Å². The van der Waals surface area contributed by atoms with Gasteiger partial charge in [0.05, 0.1) is 12.4 Å². The summed E-state index contributed by atoms with van der Waals surface area (Å²) in [6.45, 7) is 6.14. The van der Waals surface area contributed by atoms with E-state index < -0.39 is 0 Å². The standard InChI is InChI=1S/C22H24N4O/c1-3-26(16-18-9-5-4-6-10-18)21-15-23-20(14-24-21)22(27)25-13-19-11-7-8-17(2)12-19/h4-12,14-15H,3,13,16H2,1-2H3,(H,25,27). The van der Waals surface area contributed by atoms with Crippen molar-refractivity contribution in [3.63, 3.8) is 0 Å². The molecule has 0 radical (unpaired) electrons. The van der Waals surface area contributed by atoms with Crippen LogP contribution in [0.3, 0.4) is 0 Å². The van der Waals surface area contributed by atoms with E-state index in [1.54, 1.807) is 6.20 Å². The fourth-order valence-corrected chi connectivity index (χ4v) is 2.86. The molecular formula is C22H24N4O. The Morgan fingerprint density at radius 3 is 2.44 bits per heavy atom. The van der Waals surface area contributed by atoms with E-state index in [1.807, 2.05) is 43.3 Å². The molecule has 3 rings (SSSR count). The number of anilines is 1. The minimum atomic E-state index is -0.221. The molecule has 0 aliphatic carbocycles. The van der Waals surface area contributed by atoms with Gasteiger partial charge in [0, 0.05) is 19.6 Å². The molecule has 0 bridgehead atoms. The van der Waals surface area contributed by atoms with Crippen molar-refractivity contribution < 1.29 is 4.79 Å². The summed E-state index contributed by atoms with van der Waals surface area (Å²) in [5.74, 6) is 0.540. The number of amides is 1. The maximum Gasteiger partial charge on any atom is 0.271 e. The van der Waals surface area contributed by atoms with Crippen LogP contribution in [0, 0.1) is 6.92 Å². The van der Waals surface area contributed by atoms with Crippen LogP contribution in [0.5, 0.6) is 0 Å². The van der Waals surface area contributed by atoms with Gasteiger partial charge in [0.25, 0.3) is 5.91 Å². The number of hydrogen-bond acceptors (Lipinski definition) is 4. The van der Waals surface area contributed by atoms with Gasteiger partial charge in [-0.2, -0.15) is 0 Å². The maximum atomic E-state index is 12.3. The van der Waals surface area contributed by atoms with Crippen molar-refractivity contribution in [1.82, 2.24) is 15.3 Å². The van der Waals surface area contributed by atoms with Crippen LogP contribution < -0.4 is 10.2 Å².